The number of halogens is 1. The molecular weight excluding hydrogens is 251 g/mol. The number of carbonyl (C=O) groups is 1. The van der Waals surface area contributed by atoms with Gasteiger partial charge in [0.05, 0.1) is 18.8 Å². The van der Waals surface area contributed by atoms with Crippen LogP contribution in [-0.4, -0.2) is 32.4 Å². The highest BCUT2D eigenvalue weighted by Crippen LogP contribution is 2.18. The molecule has 0 bridgehead atoms. The lowest BCUT2D eigenvalue weighted by Crippen LogP contribution is -2.26. The summed E-state index contributed by atoms with van der Waals surface area (Å²) >= 11 is 0. The summed E-state index contributed by atoms with van der Waals surface area (Å²) in [5.41, 5.74) is -0.0865. The van der Waals surface area contributed by atoms with Crippen molar-refractivity contribution < 1.29 is 23.4 Å². The van der Waals surface area contributed by atoms with E-state index in [2.05, 4.69) is 0 Å². The Bertz CT molecular complexity index is 441. The Labute approximate surface area is 111 Å². The molecule has 0 aliphatic carbocycles. The smallest absolute Gasteiger partial charge is 0.341 e. The normalized spacial score (nSPS) is 18.9. The van der Waals surface area contributed by atoms with Gasteiger partial charge < -0.3 is 14.2 Å². The van der Waals surface area contributed by atoms with E-state index in [-0.39, 0.29) is 18.3 Å². The van der Waals surface area contributed by atoms with Crippen LogP contribution in [0.25, 0.3) is 0 Å². The van der Waals surface area contributed by atoms with E-state index >= 15 is 0 Å². The number of esters is 1. The average molecular weight is 268 g/mol. The number of methoxy groups -OCH3 is 1. The summed E-state index contributed by atoms with van der Waals surface area (Å²) in [5, 5.41) is 0. The van der Waals surface area contributed by atoms with Crippen molar-refractivity contribution in [2.75, 3.05) is 20.3 Å². The van der Waals surface area contributed by atoms with E-state index in [0.717, 1.165) is 25.3 Å². The molecule has 1 atom stereocenters. The van der Waals surface area contributed by atoms with Gasteiger partial charge >= 0.3 is 5.97 Å². The minimum atomic E-state index is -0.672. The summed E-state index contributed by atoms with van der Waals surface area (Å²) in [5.74, 6) is -0.951. The van der Waals surface area contributed by atoms with Crippen LogP contribution in [-0.2, 0) is 9.47 Å². The Kier molecular flexibility index (Phi) is 4.74. The maximum atomic E-state index is 13.6. The fourth-order valence-corrected chi connectivity index (χ4v) is 1.97. The fraction of sp³-hybridized carbons (Fsp3) is 0.500. The van der Waals surface area contributed by atoms with Crippen LogP contribution in [0.5, 0.6) is 5.75 Å². The van der Waals surface area contributed by atoms with Gasteiger partial charge in [-0.2, -0.15) is 0 Å². The second-order valence-corrected chi connectivity index (χ2v) is 4.43. The standard InChI is InChI=1S/C14H17FO4/c1-17-10-5-6-12(13(15)8-10)14(16)19-9-11-4-2-3-7-18-11/h5-6,8,11H,2-4,7,9H2,1H3. The molecule has 1 fully saturated rings. The SMILES string of the molecule is COc1ccc(C(=O)OCC2CCCCO2)c(F)c1. The molecule has 1 saturated heterocycles. The molecular formula is C14H17FO4. The third-order valence-corrected chi connectivity index (χ3v) is 3.07. The van der Waals surface area contributed by atoms with E-state index in [4.69, 9.17) is 14.2 Å². The van der Waals surface area contributed by atoms with E-state index in [1.807, 2.05) is 0 Å². The van der Waals surface area contributed by atoms with Gasteiger partial charge in [-0.3, -0.25) is 0 Å². The van der Waals surface area contributed by atoms with E-state index in [1.54, 1.807) is 0 Å². The molecule has 2 rings (SSSR count). The lowest BCUT2D eigenvalue weighted by atomic mass is 10.1. The number of benzene rings is 1. The van der Waals surface area contributed by atoms with E-state index in [0.29, 0.717) is 12.4 Å². The first-order valence-corrected chi connectivity index (χ1v) is 6.33. The lowest BCUT2D eigenvalue weighted by Gasteiger charge is -2.22. The van der Waals surface area contributed by atoms with Crippen molar-refractivity contribution in [3.63, 3.8) is 0 Å². The summed E-state index contributed by atoms with van der Waals surface area (Å²) in [6, 6.07) is 4.04. The minimum absolute atomic E-state index is 0.0704. The number of carbonyl (C=O) groups excluding carboxylic acids is 1. The Morgan fingerprint density at radius 1 is 1.47 bits per heavy atom. The summed E-state index contributed by atoms with van der Waals surface area (Å²) in [7, 11) is 1.44. The second kappa shape index (κ2) is 6.52. The number of rotatable bonds is 4. The van der Waals surface area contributed by atoms with Gasteiger partial charge in [0.2, 0.25) is 0 Å². The molecule has 0 N–H and O–H groups in total. The molecule has 4 nitrogen and oxygen atoms in total. The second-order valence-electron chi connectivity index (χ2n) is 4.43. The highest BCUT2D eigenvalue weighted by atomic mass is 19.1. The van der Waals surface area contributed by atoms with Gasteiger partial charge in [0.1, 0.15) is 18.2 Å². The van der Waals surface area contributed by atoms with Crippen molar-refractivity contribution >= 4 is 5.97 Å². The largest absolute Gasteiger partial charge is 0.497 e. The van der Waals surface area contributed by atoms with Gasteiger partial charge in [0.25, 0.3) is 0 Å². The summed E-state index contributed by atoms with van der Waals surface area (Å²) in [6.07, 6.45) is 2.91. The number of hydrogen-bond acceptors (Lipinski definition) is 4. The van der Waals surface area contributed by atoms with Crippen LogP contribution in [0.1, 0.15) is 29.6 Å². The number of ether oxygens (including phenoxy) is 3. The molecule has 1 heterocycles. The van der Waals surface area contributed by atoms with Gasteiger partial charge in [-0.25, -0.2) is 9.18 Å². The van der Waals surface area contributed by atoms with Gasteiger partial charge in [0.15, 0.2) is 0 Å². The highest BCUT2D eigenvalue weighted by Gasteiger charge is 2.18. The van der Waals surface area contributed by atoms with Crippen molar-refractivity contribution in [2.45, 2.75) is 25.4 Å². The zero-order chi connectivity index (χ0) is 13.7. The van der Waals surface area contributed by atoms with E-state index < -0.39 is 11.8 Å². The molecule has 1 aliphatic rings. The highest BCUT2D eigenvalue weighted by molar-refractivity contribution is 5.89. The monoisotopic (exact) mass is 268 g/mol. The molecule has 0 radical (unpaired) electrons. The molecule has 0 amide bonds. The zero-order valence-electron chi connectivity index (χ0n) is 10.9. The number of hydrogen-bond donors (Lipinski definition) is 0. The summed E-state index contributed by atoms with van der Waals surface area (Å²) in [4.78, 5) is 11.7. The van der Waals surface area contributed by atoms with Crippen molar-refractivity contribution in [1.29, 1.82) is 0 Å². The molecule has 0 saturated carbocycles. The van der Waals surface area contributed by atoms with Crippen LogP contribution < -0.4 is 4.74 Å². The molecule has 0 spiro atoms. The van der Waals surface area contributed by atoms with E-state index in [9.17, 15) is 9.18 Å². The summed E-state index contributed by atoms with van der Waals surface area (Å²) in [6.45, 7) is 0.865. The maximum absolute atomic E-state index is 13.6. The van der Waals surface area contributed by atoms with Crippen LogP contribution in [0.15, 0.2) is 18.2 Å². The molecule has 5 heteroatoms. The average Bonchev–Trinajstić information content (AvgIpc) is 2.45. The lowest BCUT2D eigenvalue weighted by molar-refractivity contribution is -0.0302. The van der Waals surface area contributed by atoms with Crippen LogP contribution >= 0.6 is 0 Å². The first kappa shape index (κ1) is 13.8. The van der Waals surface area contributed by atoms with Crippen LogP contribution in [0.4, 0.5) is 4.39 Å². The Morgan fingerprint density at radius 2 is 2.32 bits per heavy atom. The molecule has 19 heavy (non-hydrogen) atoms. The van der Waals surface area contributed by atoms with Crippen molar-refractivity contribution in [3.05, 3.63) is 29.6 Å². The van der Waals surface area contributed by atoms with Gasteiger partial charge in [-0.05, 0) is 31.4 Å². The Balaban J connectivity index is 1.92. The molecule has 1 aromatic rings. The van der Waals surface area contributed by atoms with E-state index in [1.165, 1.54) is 19.2 Å². The van der Waals surface area contributed by atoms with Crippen LogP contribution in [0, 0.1) is 5.82 Å². The maximum Gasteiger partial charge on any atom is 0.341 e. The van der Waals surface area contributed by atoms with Gasteiger partial charge in [0, 0.05) is 12.7 Å². The third-order valence-electron chi connectivity index (χ3n) is 3.07. The Hall–Kier alpha value is -1.62. The molecule has 1 aromatic carbocycles. The minimum Gasteiger partial charge on any atom is -0.497 e. The first-order chi connectivity index (χ1) is 9.20. The van der Waals surface area contributed by atoms with Gasteiger partial charge in [-0.1, -0.05) is 0 Å². The molecule has 0 aromatic heterocycles. The van der Waals surface area contributed by atoms with Crippen LogP contribution in [0.2, 0.25) is 0 Å². The molecule has 104 valence electrons. The van der Waals surface area contributed by atoms with Crippen molar-refractivity contribution in [2.24, 2.45) is 0 Å². The zero-order valence-corrected chi connectivity index (χ0v) is 10.9. The first-order valence-electron chi connectivity index (χ1n) is 6.33. The predicted octanol–water partition coefficient (Wildman–Crippen LogP) is 2.56. The van der Waals surface area contributed by atoms with Crippen molar-refractivity contribution in [1.82, 2.24) is 0 Å². The predicted molar refractivity (Wildman–Crippen MR) is 66.8 cm³/mol. The Morgan fingerprint density at radius 3 is 2.95 bits per heavy atom. The summed E-state index contributed by atoms with van der Waals surface area (Å²) < 4.78 is 29.0. The van der Waals surface area contributed by atoms with Crippen LogP contribution in [0.3, 0.4) is 0 Å². The quantitative estimate of drug-likeness (QED) is 0.787. The van der Waals surface area contributed by atoms with Crippen molar-refractivity contribution in [3.8, 4) is 5.75 Å². The molecule has 1 unspecified atom stereocenters. The fourth-order valence-electron chi connectivity index (χ4n) is 1.97. The third kappa shape index (κ3) is 3.67. The molecule has 1 aliphatic heterocycles. The van der Waals surface area contributed by atoms with Gasteiger partial charge in [-0.15, -0.1) is 0 Å². The topological polar surface area (TPSA) is 44.8 Å².